The molecule has 4 nitrogen and oxygen atoms in total. The first-order chi connectivity index (χ1) is 8.38. The van der Waals surface area contributed by atoms with Crippen LogP contribution in [0.25, 0.3) is 0 Å². The molecule has 0 heterocycles. The van der Waals surface area contributed by atoms with E-state index < -0.39 is 6.10 Å². The average molecular weight is 257 g/mol. The molecule has 1 aliphatic carbocycles. The molecule has 4 heteroatoms. The molecule has 1 aliphatic rings. The first kappa shape index (κ1) is 15.4. The van der Waals surface area contributed by atoms with Gasteiger partial charge in [-0.25, -0.2) is 0 Å². The van der Waals surface area contributed by atoms with Crippen LogP contribution in [-0.4, -0.2) is 49.3 Å². The van der Waals surface area contributed by atoms with E-state index in [1.807, 2.05) is 0 Å². The van der Waals surface area contributed by atoms with Gasteiger partial charge in [-0.1, -0.05) is 26.7 Å². The van der Waals surface area contributed by atoms with Crippen LogP contribution in [0.1, 0.15) is 39.5 Å². The number of carbonyl (C=O) groups is 1. The van der Waals surface area contributed by atoms with E-state index in [1.165, 1.54) is 6.42 Å². The van der Waals surface area contributed by atoms with Crippen molar-refractivity contribution in [2.24, 2.45) is 11.3 Å². The van der Waals surface area contributed by atoms with E-state index in [0.717, 1.165) is 19.3 Å². The fourth-order valence-corrected chi connectivity index (χ4v) is 2.87. The molecule has 1 N–H and O–H groups in total. The van der Waals surface area contributed by atoms with Crippen LogP contribution < -0.4 is 0 Å². The van der Waals surface area contributed by atoms with E-state index >= 15 is 0 Å². The second-order valence-corrected chi connectivity index (χ2v) is 6.11. The first-order valence-electron chi connectivity index (χ1n) is 6.80. The Bertz CT molecular complexity index is 278. The monoisotopic (exact) mass is 257 g/mol. The van der Waals surface area contributed by atoms with Gasteiger partial charge >= 0.3 is 0 Å². The van der Waals surface area contributed by atoms with Gasteiger partial charge in [-0.3, -0.25) is 4.79 Å². The van der Waals surface area contributed by atoms with Crippen LogP contribution in [0.5, 0.6) is 0 Å². The fraction of sp³-hybridized carbons (Fsp3) is 0.929. The number of hydrogen-bond donors (Lipinski definition) is 1. The fourth-order valence-electron chi connectivity index (χ4n) is 2.87. The molecule has 1 rings (SSSR count). The maximum Gasteiger partial charge on any atom is 0.226 e. The molecule has 0 aromatic carbocycles. The summed E-state index contributed by atoms with van der Waals surface area (Å²) in [6.45, 7) is 4.97. The molecular weight excluding hydrogens is 230 g/mol. The summed E-state index contributed by atoms with van der Waals surface area (Å²) in [4.78, 5) is 14.1. The molecule has 18 heavy (non-hydrogen) atoms. The van der Waals surface area contributed by atoms with E-state index in [2.05, 4.69) is 13.8 Å². The SMILES string of the molecule is COCC(O)CN(C)C(=O)C1CCCCC1(C)C. The first-order valence-corrected chi connectivity index (χ1v) is 6.80. The van der Waals surface area contributed by atoms with E-state index in [-0.39, 0.29) is 23.8 Å². The topological polar surface area (TPSA) is 49.8 Å². The minimum absolute atomic E-state index is 0.0792. The summed E-state index contributed by atoms with van der Waals surface area (Å²) in [7, 11) is 3.32. The van der Waals surface area contributed by atoms with E-state index in [1.54, 1.807) is 19.1 Å². The molecule has 0 aromatic heterocycles. The van der Waals surface area contributed by atoms with Crippen molar-refractivity contribution >= 4 is 5.91 Å². The molecule has 0 radical (unpaired) electrons. The Morgan fingerprint density at radius 1 is 1.50 bits per heavy atom. The summed E-state index contributed by atoms with van der Waals surface area (Å²) >= 11 is 0. The Kier molecular flexibility index (Phi) is 5.60. The molecule has 0 bridgehead atoms. The van der Waals surface area contributed by atoms with Gasteiger partial charge in [0.1, 0.15) is 0 Å². The number of methoxy groups -OCH3 is 1. The van der Waals surface area contributed by atoms with Crippen LogP contribution in [0.4, 0.5) is 0 Å². The lowest BCUT2D eigenvalue weighted by Gasteiger charge is -2.39. The summed E-state index contributed by atoms with van der Waals surface area (Å²) in [6, 6.07) is 0. The van der Waals surface area contributed by atoms with Crippen LogP contribution in [0.2, 0.25) is 0 Å². The average Bonchev–Trinajstić information content (AvgIpc) is 2.27. The summed E-state index contributed by atoms with van der Waals surface area (Å²) in [5.41, 5.74) is 0.0792. The molecule has 0 aliphatic heterocycles. The van der Waals surface area contributed by atoms with Crippen molar-refractivity contribution in [1.82, 2.24) is 4.90 Å². The highest BCUT2D eigenvalue weighted by atomic mass is 16.5. The van der Waals surface area contributed by atoms with E-state index in [9.17, 15) is 9.90 Å². The Balaban J connectivity index is 2.56. The van der Waals surface area contributed by atoms with Crippen molar-refractivity contribution in [3.05, 3.63) is 0 Å². The number of aliphatic hydroxyl groups is 1. The third-order valence-corrected chi connectivity index (χ3v) is 4.03. The minimum atomic E-state index is -0.601. The molecule has 2 unspecified atom stereocenters. The molecule has 1 amide bonds. The summed E-state index contributed by atoms with van der Waals surface area (Å²) in [5.74, 6) is 0.251. The summed E-state index contributed by atoms with van der Waals surface area (Å²) in [5, 5.41) is 9.68. The number of hydrogen-bond acceptors (Lipinski definition) is 3. The molecule has 0 saturated heterocycles. The highest BCUT2D eigenvalue weighted by molar-refractivity contribution is 5.79. The maximum absolute atomic E-state index is 12.4. The minimum Gasteiger partial charge on any atom is -0.389 e. The number of aliphatic hydroxyl groups excluding tert-OH is 1. The lowest BCUT2D eigenvalue weighted by atomic mass is 9.68. The zero-order valence-corrected chi connectivity index (χ0v) is 12.1. The number of rotatable bonds is 5. The van der Waals surface area contributed by atoms with Crippen LogP contribution in [0, 0.1) is 11.3 Å². The molecule has 106 valence electrons. The summed E-state index contributed by atoms with van der Waals surface area (Å²) < 4.78 is 4.88. The predicted molar refractivity (Wildman–Crippen MR) is 71.3 cm³/mol. The maximum atomic E-state index is 12.4. The second kappa shape index (κ2) is 6.53. The standard InChI is InChI=1S/C14H27NO3/c1-14(2)8-6-5-7-12(14)13(17)15(3)9-11(16)10-18-4/h11-12,16H,5-10H2,1-4H3. The van der Waals surface area contributed by atoms with Gasteiger partial charge in [-0.05, 0) is 18.3 Å². The van der Waals surface area contributed by atoms with Gasteiger partial charge in [0, 0.05) is 26.6 Å². The quantitative estimate of drug-likeness (QED) is 0.815. The normalized spacial score (nSPS) is 24.6. The lowest BCUT2D eigenvalue weighted by molar-refractivity contribution is -0.141. The number of nitrogens with zero attached hydrogens (tertiary/aromatic N) is 1. The third-order valence-electron chi connectivity index (χ3n) is 4.03. The molecule has 1 saturated carbocycles. The van der Waals surface area contributed by atoms with Crippen LogP contribution >= 0.6 is 0 Å². The molecule has 1 fully saturated rings. The van der Waals surface area contributed by atoms with Crippen molar-refractivity contribution in [2.45, 2.75) is 45.6 Å². The third kappa shape index (κ3) is 3.95. The van der Waals surface area contributed by atoms with Crippen LogP contribution in [0.15, 0.2) is 0 Å². The van der Waals surface area contributed by atoms with Gasteiger partial charge in [0.2, 0.25) is 5.91 Å². The molecular formula is C14H27NO3. The Morgan fingerprint density at radius 3 is 2.72 bits per heavy atom. The van der Waals surface area contributed by atoms with Crippen molar-refractivity contribution in [2.75, 3.05) is 27.3 Å². The number of ether oxygens (including phenoxy) is 1. The van der Waals surface area contributed by atoms with Crippen molar-refractivity contribution in [3.8, 4) is 0 Å². The number of carbonyl (C=O) groups excluding carboxylic acids is 1. The number of likely N-dealkylation sites (N-methyl/N-ethyl adjacent to an activating group) is 1. The van der Waals surface area contributed by atoms with Gasteiger partial charge < -0.3 is 14.7 Å². The van der Waals surface area contributed by atoms with Crippen molar-refractivity contribution in [3.63, 3.8) is 0 Å². The van der Waals surface area contributed by atoms with Gasteiger partial charge in [-0.2, -0.15) is 0 Å². The van der Waals surface area contributed by atoms with Crippen molar-refractivity contribution in [1.29, 1.82) is 0 Å². The van der Waals surface area contributed by atoms with E-state index in [4.69, 9.17) is 4.74 Å². The highest BCUT2D eigenvalue weighted by Crippen LogP contribution is 2.41. The number of amides is 1. The zero-order valence-electron chi connectivity index (χ0n) is 12.1. The highest BCUT2D eigenvalue weighted by Gasteiger charge is 2.38. The summed E-state index contributed by atoms with van der Waals surface area (Å²) in [6.07, 6.45) is 3.82. The Hall–Kier alpha value is -0.610. The lowest BCUT2D eigenvalue weighted by Crippen LogP contribution is -2.45. The smallest absolute Gasteiger partial charge is 0.226 e. The molecule has 0 spiro atoms. The van der Waals surface area contributed by atoms with Gasteiger partial charge in [0.25, 0.3) is 0 Å². The predicted octanol–water partition coefficient (Wildman–Crippen LogP) is 1.67. The Morgan fingerprint density at radius 2 is 2.17 bits per heavy atom. The Labute approximate surface area is 110 Å². The van der Waals surface area contributed by atoms with Gasteiger partial charge in [0.05, 0.1) is 12.7 Å². The molecule has 2 atom stereocenters. The van der Waals surface area contributed by atoms with Crippen LogP contribution in [-0.2, 0) is 9.53 Å². The van der Waals surface area contributed by atoms with Crippen molar-refractivity contribution < 1.29 is 14.6 Å². The molecule has 0 aromatic rings. The van der Waals surface area contributed by atoms with Gasteiger partial charge in [0.15, 0.2) is 0 Å². The van der Waals surface area contributed by atoms with Gasteiger partial charge in [-0.15, -0.1) is 0 Å². The van der Waals surface area contributed by atoms with E-state index in [0.29, 0.717) is 6.54 Å². The van der Waals surface area contributed by atoms with Crippen LogP contribution in [0.3, 0.4) is 0 Å². The zero-order chi connectivity index (χ0) is 13.8. The largest absolute Gasteiger partial charge is 0.389 e. The second-order valence-electron chi connectivity index (χ2n) is 6.11.